The van der Waals surface area contributed by atoms with Crippen LogP contribution in [0.5, 0.6) is 0 Å². The molecule has 0 radical (unpaired) electrons. The Labute approximate surface area is 104 Å². The van der Waals surface area contributed by atoms with Crippen molar-refractivity contribution in [3.8, 4) is 0 Å². The number of ether oxygens (including phenoxy) is 1. The van der Waals surface area contributed by atoms with Gasteiger partial charge in [-0.05, 0) is 33.6 Å². The van der Waals surface area contributed by atoms with Crippen molar-refractivity contribution in [2.24, 2.45) is 0 Å². The second kappa shape index (κ2) is 6.05. The molecule has 4 nitrogen and oxygen atoms in total. The molecule has 1 unspecified atom stereocenters. The lowest BCUT2D eigenvalue weighted by atomic mass is 10.2. The average molecular weight is 240 g/mol. The molecule has 0 spiro atoms. The predicted octanol–water partition coefficient (Wildman–Crippen LogP) is 2.16. The van der Waals surface area contributed by atoms with Crippen LogP contribution in [0.15, 0.2) is 12.7 Å². The van der Waals surface area contributed by atoms with E-state index in [9.17, 15) is 4.79 Å². The van der Waals surface area contributed by atoms with E-state index in [4.69, 9.17) is 4.74 Å². The van der Waals surface area contributed by atoms with Gasteiger partial charge >= 0.3 is 6.09 Å². The zero-order valence-electron chi connectivity index (χ0n) is 11.2. The van der Waals surface area contributed by atoms with Crippen LogP contribution in [-0.2, 0) is 4.74 Å². The van der Waals surface area contributed by atoms with E-state index in [0.29, 0.717) is 0 Å². The third kappa shape index (κ3) is 4.77. The molecule has 0 aromatic carbocycles. The minimum atomic E-state index is -0.418. The quantitative estimate of drug-likeness (QED) is 0.605. The van der Waals surface area contributed by atoms with Gasteiger partial charge in [0.2, 0.25) is 0 Å². The Morgan fingerprint density at radius 2 is 2.29 bits per heavy atom. The van der Waals surface area contributed by atoms with E-state index in [2.05, 4.69) is 11.9 Å². The Bertz CT molecular complexity index is 271. The summed E-state index contributed by atoms with van der Waals surface area (Å²) in [4.78, 5) is 13.8. The first-order valence-electron chi connectivity index (χ1n) is 6.25. The van der Waals surface area contributed by atoms with Crippen molar-refractivity contribution >= 4 is 6.09 Å². The van der Waals surface area contributed by atoms with Gasteiger partial charge in [-0.3, -0.25) is 0 Å². The monoisotopic (exact) mass is 240 g/mol. The molecular formula is C13H24N2O2. The lowest BCUT2D eigenvalue weighted by molar-refractivity contribution is 0.0227. The van der Waals surface area contributed by atoms with Crippen LogP contribution in [0.2, 0.25) is 0 Å². The molecule has 1 aliphatic rings. The van der Waals surface area contributed by atoms with E-state index in [-0.39, 0.29) is 12.1 Å². The molecule has 17 heavy (non-hydrogen) atoms. The number of nitrogens with one attached hydrogen (secondary N) is 1. The zero-order valence-corrected chi connectivity index (χ0v) is 11.2. The van der Waals surface area contributed by atoms with Crippen molar-refractivity contribution in [1.29, 1.82) is 0 Å². The summed E-state index contributed by atoms with van der Waals surface area (Å²) in [5, 5.41) is 3.26. The molecule has 0 aromatic heterocycles. The molecule has 1 atom stereocenters. The fourth-order valence-corrected chi connectivity index (χ4v) is 1.96. The summed E-state index contributed by atoms with van der Waals surface area (Å²) >= 11 is 0. The van der Waals surface area contributed by atoms with Gasteiger partial charge in [-0.2, -0.15) is 0 Å². The number of hydrogen-bond acceptors (Lipinski definition) is 3. The highest BCUT2D eigenvalue weighted by Gasteiger charge is 2.31. The van der Waals surface area contributed by atoms with Gasteiger partial charge in [0.1, 0.15) is 5.60 Å². The second-order valence-corrected chi connectivity index (χ2v) is 5.42. The van der Waals surface area contributed by atoms with Crippen molar-refractivity contribution in [3.63, 3.8) is 0 Å². The number of hydrogen-bond donors (Lipinski definition) is 1. The van der Waals surface area contributed by atoms with Crippen molar-refractivity contribution in [2.75, 3.05) is 19.6 Å². The number of carbonyl (C=O) groups is 1. The molecule has 1 amide bonds. The number of amides is 1. The lowest BCUT2D eigenvalue weighted by Crippen LogP contribution is -2.44. The highest BCUT2D eigenvalue weighted by atomic mass is 16.6. The van der Waals surface area contributed by atoms with E-state index < -0.39 is 5.60 Å². The van der Waals surface area contributed by atoms with Gasteiger partial charge < -0.3 is 15.0 Å². The first-order chi connectivity index (χ1) is 7.94. The summed E-state index contributed by atoms with van der Waals surface area (Å²) in [6.45, 7) is 11.7. The number of likely N-dealkylation sites (tertiary alicyclic amines) is 1. The number of carbonyl (C=O) groups excluding carboxylic acids is 1. The maximum atomic E-state index is 12.0. The van der Waals surface area contributed by atoms with Crippen LogP contribution in [0, 0.1) is 0 Å². The van der Waals surface area contributed by atoms with E-state index in [1.54, 1.807) is 0 Å². The Balaban J connectivity index is 2.45. The third-order valence-corrected chi connectivity index (χ3v) is 2.67. The average Bonchev–Trinajstić information content (AvgIpc) is 2.64. The Hall–Kier alpha value is -1.03. The first kappa shape index (κ1) is 14.0. The van der Waals surface area contributed by atoms with Crippen molar-refractivity contribution in [2.45, 2.75) is 45.3 Å². The minimum Gasteiger partial charge on any atom is -0.444 e. The number of rotatable bonds is 4. The summed E-state index contributed by atoms with van der Waals surface area (Å²) < 4.78 is 5.40. The molecule has 0 aliphatic carbocycles. The lowest BCUT2D eigenvalue weighted by Gasteiger charge is -2.28. The van der Waals surface area contributed by atoms with Gasteiger partial charge in [0.15, 0.2) is 0 Å². The highest BCUT2D eigenvalue weighted by molar-refractivity contribution is 5.69. The summed E-state index contributed by atoms with van der Waals surface area (Å²) in [7, 11) is 0. The normalized spacial score (nSPS) is 20.4. The van der Waals surface area contributed by atoms with Gasteiger partial charge in [-0.25, -0.2) is 4.79 Å². The van der Waals surface area contributed by atoms with Gasteiger partial charge in [-0.1, -0.05) is 6.08 Å². The van der Waals surface area contributed by atoms with Gasteiger partial charge in [0, 0.05) is 25.7 Å². The Kier molecular flexibility index (Phi) is 5.00. The van der Waals surface area contributed by atoms with Crippen LogP contribution >= 0.6 is 0 Å². The Morgan fingerprint density at radius 3 is 2.88 bits per heavy atom. The second-order valence-electron chi connectivity index (χ2n) is 5.42. The summed E-state index contributed by atoms with van der Waals surface area (Å²) in [6.07, 6.45) is 3.73. The van der Waals surface area contributed by atoms with E-state index in [1.807, 2.05) is 31.7 Å². The first-order valence-corrected chi connectivity index (χ1v) is 6.25. The fourth-order valence-electron chi connectivity index (χ4n) is 1.96. The standard InChI is InChI=1S/C13H24N2O2/c1-5-8-14-10-11-7-6-9-15(11)12(16)17-13(2,3)4/h5,11,14H,1,6-10H2,2-4H3. The van der Waals surface area contributed by atoms with Crippen LogP contribution in [0.3, 0.4) is 0 Å². The molecule has 0 saturated carbocycles. The minimum absolute atomic E-state index is 0.194. The van der Waals surface area contributed by atoms with Crippen LogP contribution in [0.25, 0.3) is 0 Å². The third-order valence-electron chi connectivity index (χ3n) is 2.67. The fraction of sp³-hybridized carbons (Fsp3) is 0.769. The Morgan fingerprint density at radius 1 is 1.59 bits per heavy atom. The molecule has 1 N–H and O–H groups in total. The molecule has 0 aromatic rings. The molecule has 1 aliphatic heterocycles. The molecule has 1 heterocycles. The van der Waals surface area contributed by atoms with Gasteiger partial charge in [0.25, 0.3) is 0 Å². The smallest absolute Gasteiger partial charge is 0.410 e. The van der Waals surface area contributed by atoms with E-state index in [0.717, 1.165) is 32.5 Å². The molecule has 0 bridgehead atoms. The highest BCUT2D eigenvalue weighted by Crippen LogP contribution is 2.20. The van der Waals surface area contributed by atoms with Crippen LogP contribution in [0.1, 0.15) is 33.6 Å². The summed E-state index contributed by atoms with van der Waals surface area (Å²) in [5.74, 6) is 0. The van der Waals surface area contributed by atoms with Crippen molar-refractivity contribution < 1.29 is 9.53 Å². The van der Waals surface area contributed by atoms with Crippen molar-refractivity contribution in [1.82, 2.24) is 10.2 Å². The van der Waals surface area contributed by atoms with E-state index in [1.165, 1.54) is 0 Å². The predicted molar refractivity (Wildman–Crippen MR) is 69.0 cm³/mol. The van der Waals surface area contributed by atoms with E-state index >= 15 is 0 Å². The molecule has 98 valence electrons. The zero-order chi connectivity index (χ0) is 12.9. The largest absolute Gasteiger partial charge is 0.444 e. The van der Waals surface area contributed by atoms with Gasteiger partial charge in [0.05, 0.1) is 0 Å². The van der Waals surface area contributed by atoms with Crippen LogP contribution in [-0.4, -0.2) is 42.3 Å². The van der Waals surface area contributed by atoms with Gasteiger partial charge in [-0.15, -0.1) is 6.58 Å². The molecule has 1 fully saturated rings. The SMILES string of the molecule is C=CCNCC1CCCN1C(=O)OC(C)(C)C. The molecular weight excluding hydrogens is 216 g/mol. The maximum Gasteiger partial charge on any atom is 0.410 e. The molecule has 1 rings (SSSR count). The van der Waals surface area contributed by atoms with Crippen LogP contribution < -0.4 is 5.32 Å². The molecule has 4 heteroatoms. The maximum absolute atomic E-state index is 12.0. The van der Waals surface area contributed by atoms with Crippen LogP contribution in [0.4, 0.5) is 4.79 Å². The molecule has 1 saturated heterocycles. The summed E-state index contributed by atoms with van der Waals surface area (Å²) in [5.41, 5.74) is -0.418. The van der Waals surface area contributed by atoms with Crippen molar-refractivity contribution in [3.05, 3.63) is 12.7 Å². The summed E-state index contributed by atoms with van der Waals surface area (Å²) in [6, 6.07) is 0.254. The number of nitrogens with zero attached hydrogens (tertiary/aromatic N) is 1. The topological polar surface area (TPSA) is 41.6 Å².